The highest BCUT2D eigenvalue weighted by Crippen LogP contribution is 2.30. The van der Waals surface area contributed by atoms with Gasteiger partial charge in [0.1, 0.15) is 0 Å². The molecular weight excluding hydrogens is 248 g/mol. The molecule has 1 atom stereocenters. The highest BCUT2D eigenvalue weighted by molar-refractivity contribution is 5.46. The predicted molar refractivity (Wildman–Crippen MR) is 73.0 cm³/mol. The maximum Gasteiger partial charge on any atom is 0.280 e. The summed E-state index contributed by atoms with van der Waals surface area (Å²) in [6.45, 7) is 4.51. The minimum Gasteiger partial charge on any atom is -0.364 e. The number of nitrogens with zero attached hydrogens (tertiary/aromatic N) is 2. The average molecular weight is 269 g/mol. The number of alkyl halides is 2. The standard InChI is InChI=1S/C14H21F2N3/c1-10(2)12-5-4-11(8-18-12)19-7-6-13(17-3)14(15,16)9-19/h4-5,8,10,13,17H,6-7,9H2,1-3H3/t13-/m0/s1. The van der Waals surface area contributed by atoms with Crippen molar-refractivity contribution in [3.8, 4) is 0 Å². The second kappa shape index (κ2) is 5.41. The molecule has 0 aliphatic carbocycles. The van der Waals surface area contributed by atoms with Gasteiger partial charge in [-0.2, -0.15) is 0 Å². The molecule has 0 radical (unpaired) electrons. The van der Waals surface area contributed by atoms with Crippen molar-refractivity contribution in [3.63, 3.8) is 0 Å². The van der Waals surface area contributed by atoms with Gasteiger partial charge in [-0.15, -0.1) is 0 Å². The van der Waals surface area contributed by atoms with Crippen LogP contribution in [0.1, 0.15) is 31.9 Å². The zero-order chi connectivity index (χ0) is 14.0. The van der Waals surface area contributed by atoms with Crippen LogP contribution < -0.4 is 10.2 Å². The van der Waals surface area contributed by atoms with Crippen LogP contribution in [0.3, 0.4) is 0 Å². The molecule has 106 valence electrons. The van der Waals surface area contributed by atoms with Crippen molar-refractivity contribution in [2.45, 2.75) is 38.2 Å². The minimum absolute atomic E-state index is 0.249. The molecule has 0 amide bonds. The minimum atomic E-state index is -2.70. The number of piperidine rings is 1. The van der Waals surface area contributed by atoms with Gasteiger partial charge in [-0.1, -0.05) is 13.8 Å². The van der Waals surface area contributed by atoms with E-state index >= 15 is 0 Å². The molecule has 2 heterocycles. The van der Waals surface area contributed by atoms with Crippen LogP contribution in [0.2, 0.25) is 0 Å². The molecule has 19 heavy (non-hydrogen) atoms. The van der Waals surface area contributed by atoms with Crippen molar-refractivity contribution in [1.29, 1.82) is 0 Å². The Morgan fingerprint density at radius 2 is 2.16 bits per heavy atom. The van der Waals surface area contributed by atoms with Crippen LogP contribution in [0, 0.1) is 0 Å². The van der Waals surface area contributed by atoms with Crippen molar-refractivity contribution < 1.29 is 8.78 Å². The molecule has 1 aliphatic heterocycles. The van der Waals surface area contributed by atoms with E-state index in [1.165, 1.54) is 0 Å². The Labute approximate surface area is 113 Å². The normalized spacial score (nSPS) is 22.8. The lowest BCUT2D eigenvalue weighted by Crippen LogP contribution is -2.56. The van der Waals surface area contributed by atoms with E-state index in [0.717, 1.165) is 11.4 Å². The third-order valence-electron chi connectivity index (χ3n) is 3.68. The maximum atomic E-state index is 13.9. The molecule has 2 rings (SSSR count). The molecule has 1 aromatic rings. The summed E-state index contributed by atoms with van der Waals surface area (Å²) in [6, 6.07) is 3.08. The summed E-state index contributed by atoms with van der Waals surface area (Å²) in [5.74, 6) is -2.35. The lowest BCUT2D eigenvalue weighted by molar-refractivity contribution is -0.0402. The summed E-state index contributed by atoms with van der Waals surface area (Å²) in [6.07, 6.45) is 2.14. The number of hydrogen-bond acceptors (Lipinski definition) is 3. The molecule has 5 heteroatoms. The molecule has 1 saturated heterocycles. The van der Waals surface area contributed by atoms with Crippen molar-refractivity contribution in [2.24, 2.45) is 0 Å². The van der Waals surface area contributed by atoms with E-state index in [2.05, 4.69) is 24.1 Å². The number of rotatable bonds is 3. The van der Waals surface area contributed by atoms with Crippen LogP contribution >= 0.6 is 0 Å². The first kappa shape index (κ1) is 14.2. The topological polar surface area (TPSA) is 28.2 Å². The number of pyridine rings is 1. The van der Waals surface area contributed by atoms with E-state index in [1.807, 2.05) is 12.1 Å². The second-order valence-corrected chi connectivity index (χ2v) is 5.41. The number of halogens is 2. The van der Waals surface area contributed by atoms with Gasteiger partial charge in [0.2, 0.25) is 0 Å². The fourth-order valence-corrected chi connectivity index (χ4v) is 2.44. The first-order chi connectivity index (χ1) is 8.94. The number of hydrogen-bond donors (Lipinski definition) is 1. The van der Waals surface area contributed by atoms with Gasteiger partial charge >= 0.3 is 0 Å². The number of aromatic nitrogens is 1. The molecule has 3 nitrogen and oxygen atoms in total. The summed E-state index contributed by atoms with van der Waals surface area (Å²) >= 11 is 0. The molecule has 0 saturated carbocycles. The van der Waals surface area contributed by atoms with Gasteiger partial charge in [-0.25, -0.2) is 8.78 Å². The molecule has 1 fully saturated rings. The van der Waals surface area contributed by atoms with Crippen molar-refractivity contribution in [2.75, 3.05) is 25.0 Å². The van der Waals surface area contributed by atoms with Gasteiger partial charge in [0, 0.05) is 12.2 Å². The van der Waals surface area contributed by atoms with E-state index in [4.69, 9.17) is 0 Å². The SMILES string of the molecule is CN[C@H]1CCN(c2ccc(C(C)C)nc2)CC1(F)F. The number of anilines is 1. The van der Waals surface area contributed by atoms with Crippen LogP contribution in [0.5, 0.6) is 0 Å². The summed E-state index contributed by atoms with van der Waals surface area (Å²) in [4.78, 5) is 6.05. The summed E-state index contributed by atoms with van der Waals surface area (Å²) in [5, 5.41) is 2.70. The fraction of sp³-hybridized carbons (Fsp3) is 0.643. The lowest BCUT2D eigenvalue weighted by Gasteiger charge is -2.39. The van der Waals surface area contributed by atoms with Crippen LogP contribution in [-0.2, 0) is 0 Å². The second-order valence-electron chi connectivity index (χ2n) is 5.41. The smallest absolute Gasteiger partial charge is 0.280 e. The average Bonchev–Trinajstić information content (AvgIpc) is 2.37. The van der Waals surface area contributed by atoms with Crippen LogP contribution in [0.25, 0.3) is 0 Å². The Morgan fingerprint density at radius 1 is 1.42 bits per heavy atom. The Hall–Kier alpha value is -1.23. The van der Waals surface area contributed by atoms with Crippen LogP contribution in [0.15, 0.2) is 18.3 Å². The Bertz CT molecular complexity index is 417. The van der Waals surface area contributed by atoms with Gasteiger partial charge in [0.15, 0.2) is 0 Å². The van der Waals surface area contributed by atoms with E-state index in [9.17, 15) is 8.78 Å². The van der Waals surface area contributed by atoms with Crippen molar-refractivity contribution >= 4 is 5.69 Å². The van der Waals surface area contributed by atoms with E-state index < -0.39 is 12.0 Å². The molecule has 1 aliphatic rings. The molecule has 1 aromatic heterocycles. The summed E-state index contributed by atoms with van der Waals surface area (Å²) < 4.78 is 27.8. The predicted octanol–water partition coefficient (Wildman–Crippen LogP) is 2.64. The maximum absolute atomic E-state index is 13.9. The molecular formula is C14H21F2N3. The zero-order valence-electron chi connectivity index (χ0n) is 11.7. The molecule has 0 spiro atoms. The Kier molecular flexibility index (Phi) is 4.04. The van der Waals surface area contributed by atoms with Crippen LogP contribution in [0.4, 0.5) is 14.5 Å². The highest BCUT2D eigenvalue weighted by Gasteiger charge is 2.43. The molecule has 1 N–H and O–H groups in total. The molecule has 0 bridgehead atoms. The van der Waals surface area contributed by atoms with Gasteiger partial charge in [0.05, 0.1) is 24.5 Å². The first-order valence-electron chi connectivity index (χ1n) is 6.70. The van der Waals surface area contributed by atoms with E-state index in [0.29, 0.717) is 18.9 Å². The Balaban J connectivity index is 2.11. The fourth-order valence-electron chi connectivity index (χ4n) is 2.44. The van der Waals surface area contributed by atoms with Gasteiger partial charge < -0.3 is 10.2 Å². The van der Waals surface area contributed by atoms with Crippen LogP contribution in [-0.4, -0.2) is 37.1 Å². The molecule has 0 aromatic carbocycles. The quantitative estimate of drug-likeness (QED) is 0.914. The van der Waals surface area contributed by atoms with Gasteiger partial charge in [0.25, 0.3) is 5.92 Å². The van der Waals surface area contributed by atoms with Crippen molar-refractivity contribution in [3.05, 3.63) is 24.0 Å². The summed E-state index contributed by atoms with van der Waals surface area (Å²) in [5.41, 5.74) is 1.76. The van der Waals surface area contributed by atoms with E-state index in [1.54, 1.807) is 18.1 Å². The van der Waals surface area contributed by atoms with Crippen molar-refractivity contribution in [1.82, 2.24) is 10.3 Å². The third-order valence-corrected chi connectivity index (χ3v) is 3.68. The monoisotopic (exact) mass is 269 g/mol. The largest absolute Gasteiger partial charge is 0.364 e. The lowest BCUT2D eigenvalue weighted by atomic mass is 10.0. The summed E-state index contributed by atoms with van der Waals surface area (Å²) in [7, 11) is 1.59. The zero-order valence-corrected chi connectivity index (χ0v) is 11.7. The molecule has 0 unspecified atom stereocenters. The van der Waals surface area contributed by atoms with Gasteiger partial charge in [-0.05, 0) is 31.5 Å². The third kappa shape index (κ3) is 3.03. The first-order valence-corrected chi connectivity index (χ1v) is 6.70. The van der Waals surface area contributed by atoms with E-state index in [-0.39, 0.29) is 6.54 Å². The Morgan fingerprint density at radius 3 is 2.63 bits per heavy atom. The number of nitrogens with one attached hydrogen (secondary N) is 1. The van der Waals surface area contributed by atoms with Gasteiger partial charge in [-0.3, -0.25) is 4.98 Å². The highest BCUT2D eigenvalue weighted by atomic mass is 19.3.